The molecule has 0 saturated heterocycles. The fourth-order valence-corrected chi connectivity index (χ4v) is 3.80. The first kappa shape index (κ1) is 20.7. The smallest absolute Gasteiger partial charge is 0.282 e. The van der Waals surface area contributed by atoms with Crippen molar-refractivity contribution in [3.05, 3.63) is 94.1 Å². The van der Waals surface area contributed by atoms with Crippen molar-refractivity contribution in [3.8, 4) is 5.75 Å². The molecule has 1 heterocycles. The quantitative estimate of drug-likeness (QED) is 0.551. The van der Waals surface area contributed by atoms with Crippen LogP contribution in [-0.4, -0.2) is 18.9 Å². The topological polar surface area (TPSA) is 58.6 Å². The molecule has 0 bridgehead atoms. The highest BCUT2D eigenvalue weighted by atomic mass is 35.5. The molecule has 5 nitrogen and oxygen atoms in total. The van der Waals surface area contributed by atoms with Gasteiger partial charge in [-0.1, -0.05) is 35.9 Å². The van der Waals surface area contributed by atoms with Gasteiger partial charge in [-0.05, 0) is 73.0 Å². The Morgan fingerprint density at radius 1 is 0.903 bits per heavy atom. The minimum Gasteiger partial charge on any atom is -0.497 e. The zero-order chi connectivity index (χ0) is 22.1. The number of hydrogen-bond acceptors (Lipinski definition) is 4. The van der Waals surface area contributed by atoms with Crippen molar-refractivity contribution in [1.82, 2.24) is 0 Å². The largest absolute Gasteiger partial charge is 0.497 e. The molecular formula is C25H21ClN2O3. The van der Waals surface area contributed by atoms with E-state index in [0.717, 1.165) is 11.1 Å². The number of ether oxygens (including phenoxy) is 1. The molecule has 31 heavy (non-hydrogen) atoms. The van der Waals surface area contributed by atoms with Gasteiger partial charge in [-0.2, -0.15) is 0 Å². The van der Waals surface area contributed by atoms with E-state index in [1.165, 1.54) is 4.90 Å². The maximum absolute atomic E-state index is 13.5. The maximum atomic E-state index is 13.5. The molecule has 0 unspecified atom stereocenters. The molecule has 0 atom stereocenters. The van der Waals surface area contributed by atoms with E-state index >= 15 is 0 Å². The van der Waals surface area contributed by atoms with Crippen LogP contribution < -0.4 is 15.0 Å². The average Bonchev–Trinajstić information content (AvgIpc) is 2.99. The summed E-state index contributed by atoms with van der Waals surface area (Å²) >= 11 is 6.08. The number of imide groups is 1. The summed E-state index contributed by atoms with van der Waals surface area (Å²) in [6.45, 7) is 3.81. The molecular weight excluding hydrogens is 412 g/mol. The van der Waals surface area contributed by atoms with Gasteiger partial charge < -0.3 is 10.1 Å². The summed E-state index contributed by atoms with van der Waals surface area (Å²) in [6, 6.07) is 19.7. The van der Waals surface area contributed by atoms with Crippen LogP contribution in [0.2, 0.25) is 5.02 Å². The van der Waals surface area contributed by atoms with Crippen molar-refractivity contribution in [2.75, 3.05) is 17.3 Å². The van der Waals surface area contributed by atoms with E-state index in [-0.39, 0.29) is 11.6 Å². The van der Waals surface area contributed by atoms with Crippen molar-refractivity contribution in [1.29, 1.82) is 0 Å². The molecule has 156 valence electrons. The second-order valence-corrected chi connectivity index (χ2v) is 7.78. The predicted octanol–water partition coefficient (Wildman–Crippen LogP) is 5.36. The van der Waals surface area contributed by atoms with Crippen LogP contribution in [0, 0.1) is 13.8 Å². The Morgan fingerprint density at radius 3 is 2.29 bits per heavy atom. The number of halogens is 1. The number of benzene rings is 3. The van der Waals surface area contributed by atoms with Gasteiger partial charge in [-0.15, -0.1) is 0 Å². The van der Waals surface area contributed by atoms with Crippen LogP contribution in [0.5, 0.6) is 5.75 Å². The highest BCUT2D eigenvalue weighted by molar-refractivity contribution is 6.46. The average molecular weight is 433 g/mol. The van der Waals surface area contributed by atoms with Crippen molar-refractivity contribution in [2.45, 2.75) is 13.8 Å². The van der Waals surface area contributed by atoms with Gasteiger partial charge in [0, 0.05) is 10.7 Å². The van der Waals surface area contributed by atoms with Crippen molar-refractivity contribution < 1.29 is 14.3 Å². The summed E-state index contributed by atoms with van der Waals surface area (Å²) in [5.74, 6) is -0.120. The van der Waals surface area contributed by atoms with Gasteiger partial charge in [-0.3, -0.25) is 9.59 Å². The van der Waals surface area contributed by atoms with Gasteiger partial charge in [0.2, 0.25) is 0 Å². The molecule has 6 heteroatoms. The third-order valence-electron chi connectivity index (χ3n) is 5.17. The number of aryl methyl sites for hydroxylation is 2. The Bertz CT molecular complexity index is 1220. The second-order valence-electron chi connectivity index (χ2n) is 7.35. The lowest BCUT2D eigenvalue weighted by Gasteiger charge is -2.16. The summed E-state index contributed by atoms with van der Waals surface area (Å²) in [5, 5.41) is 3.79. The first-order valence-corrected chi connectivity index (χ1v) is 10.1. The first-order chi connectivity index (χ1) is 14.9. The maximum Gasteiger partial charge on any atom is 0.282 e. The number of nitrogens with one attached hydrogen (secondary N) is 1. The zero-order valence-electron chi connectivity index (χ0n) is 17.4. The van der Waals surface area contributed by atoms with Crippen LogP contribution in [-0.2, 0) is 9.59 Å². The molecule has 1 aliphatic rings. The van der Waals surface area contributed by atoms with Crippen molar-refractivity contribution >= 4 is 40.4 Å². The van der Waals surface area contributed by atoms with Crippen molar-refractivity contribution in [2.24, 2.45) is 0 Å². The fraction of sp³-hybridized carbons (Fsp3) is 0.120. The van der Waals surface area contributed by atoms with E-state index in [1.807, 2.05) is 32.0 Å². The molecule has 3 aromatic rings. The van der Waals surface area contributed by atoms with E-state index in [2.05, 4.69) is 5.32 Å². The molecule has 0 saturated carbocycles. The highest BCUT2D eigenvalue weighted by Gasteiger charge is 2.40. The monoisotopic (exact) mass is 432 g/mol. The van der Waals surface area contributed by atoms with Crippen LogP contribution in [0.1, 0.15) is 16.7 Å². The first-order valence-electron chi connectivity index (χ1n) is 9.76. The summed E-state index contributed by atoms with van der Waals surface area (Å²) in [7, 11) is 1.58. The van der Waals surface area contributed by atoms with E-state index in [9.17, 15) is 9.59 Å². The molecule has 1 aliphatic heterocycles. The van der Waals surface area contributed by atoms with Gasteiger partial charge >= 0.3 is 0 Å². The van der Waals surface area contributed by atoms with Crippen molar-refractivity contribution in [3.63, 3.8) is 0 Å². The highest BCUT2D eigenvalue weighted by Crippen LogP contribution is 2.35. The number of carbonyl (C=O) groups is 2. The number of carbonyl (C=O) groups excluding carboxylic acids is 2. The molecule has 0 aliphatic carbocycles. The third kappa shape index (κ3) is 3.92. The summed E-state index contributed by atoms with van der Waals surface area (Å²) in [4.78, 5) is 28.1. The Labute approximate surface area is 185 Å². The summed E-state index contributed by atoms with van der Waals surface area (Å²) < 4.78 is 5.23. The van der Waals surface area contributed by atoms with Crippen LogP contribution in [0.3, 0.4) is 0 Å². The normalized spacial score (nSPS) is 13.7. The van der Waals surface area contributed by atoms with Crippen LogP contribution in [0.15, 0.2) is 72.4 Å². The molecule has 1 N–H and O–H groups in total. The number of anilines is 2. The molecule has 2 amide bonds. The van der Waals surface area contributed by atoms with Crippen LogP contribution in [0.4, 0.5) is 11.4 Å². The Hall–Kier alpha value is -3.57. The molecule has 0 spiro atoms. The van der Waals surface area contributed by atoms with Gasteiger partial charge in [-0.25, -0.2) is 4.90 Å². The number of rotatable bonds is 5. The van der Waals surface area contributed by atoms with Gasteiger partial charge in [0.25, 0.3) is 11.8 Å². The SMILES string of the molecule is COc1ccc(C2=C(Nc3ccc(Cl)cc3C)C(=O)N(c3cccc(C)c3)C2=O)cc1. The second kappa shape index (κ2) is 8.28. The van der Waals surface area contributed by atoms with E-state index in [0.29, 0.717) is 33.3 Å². The standard InChI is InChI=1S/C25H21ClN2O3/c1-15-5-4-6-19(13-15)28-24(29)22(17-7-10-20(31-3)11-8-17)23(25(28)30)27-21-12-9-18(26)14-16(21)2/h4-14,27H,1-3H3. The van der Waals surface area contributed by atoms with Gasteiger partial charge in [0.1, 0.15) is 11.4 Å². The third-order valence-corrected chi connectivity index (χ3v) is 5.41. The van der Waals surface area contributed by atoms with E-state index in [4.69, 9.17) is 16.3 Å². The Balaban J connectivity index is 1.83. The zero-order valence-corrected chi connectivity index (χ0v) is 18.2. The predicted molar refractivity (Wildman–Crippen MR) is 123 cm³/mol. The van der Waals surface area contributed by atoms with Crippen LogP contribution in [0.25, 0.3) is 5.57 Å². The summed E-state index contributed by atoms with van der Waals surface area (Å²) in [5.41, 5.74) is 4.22. The lowest BCUT2D eigenvalue weighted by molar-refractivity contribution is -0.120. The lowest BCUT2D eigenvalue weighted by atomic mass is 10.0. The molecule has 0 fully saturated rings. The summed E-state index contributed by atoms with van der Waals surface area (Å²) in [6.07, 6.45) is 0. The lowest BCUT2D eigenvalue weighted by Crippen LogP contribution is -2.32. The number of amides is 2. The number of methoxy groups -OCH3 is 1. The van der Waals surface area contributed by atoms with Gasteiger partial charge in [0.05, 0.1) is 18.4 Å². The van der Waals surface area contributed by atoms with Gasteiger partial charge in [0.15, 0.2) is 0 Å². The number of nitrogens with zero attached hydrogens (tertiary/aromatic N) is 1. The molecule has 3 aromatic carbocycles. The Kier molecular flexibility index (Phi) is 5.53. The van der Waals surface area contributed by atoms with E-state index in [1.54, 1.807) is 55.6 Å². The van der Waals surface area contributed by atoms with Crippen LogP contribution >= 0.6 is 11.6 Å². The minimum absolute atomic E-state index is 0.224. The van der Waals surface area contributed by atoms with E-state index < -0.39 is 5.91 Å². The molecule has 0 radical (unpaired) electrons. The molecule has 0 aromatic heterocycles. The molecule has 4 rings (SSSR count). The fourth-order valence-electron chi connectivity index (χ4n) is 3.57. The number of hydrogen-bond donors (Lipinski definition) is 1. The minimum atomic E-state index is -0.407. The Morgan fingerprint density at radius 2 is 1.65 bits per heavy atom.